The molecule has 144 valence electrons. The monoisotopic (exact) mass is 384 g/mol. The van der Waals surface area contributed by atoms with Gasteiger partial charge in [0.2, 0.25) is 0 Å². The zero-order chi connectivity index (χ0) is 20.1. The van der Waals surface area contributed by atoms with E-state index in [1.54, 1.807) is 31.4 Å². The number of methoxy groups -OCH3 is 2. The Hall–Kier alpha value is -3.75. The molecule has 0 spiro atoms. The summed E-state index contributed by atoms with van der Waals surface area (Å²) in [5.41, 5.74) is 0.716. The largest absolute Gasteiger partial charge is 0.497 e. The molecule has 0 aliphatic rings. The van der Waals surface area contributed by atoms with E-state index in [9.17, 15) is 14.0 Å². The van der Waals surface area contributed by atoms with Gasteiger partial charge in [0, 0.05) is 0 Å². The maximum Gasteiger partial charge on any atom is 0.368 e. The summed E-state index contributed by atoms with van der Waals surface area (Å²) >= 11 is 0. The molecule has 2 aromatic carbocycles. The number of carbonyl (C=O) groups is 1. The van der Waals surface area contributed by atoms with E-state index in [0.29, 0.717) is 17.0 Å². The van der Waals surface area contributed by atoms with Crippen LogP contribution in [0.3, 0.4) is 0 Å². The van der Waals surface area contributed by atoms with Gasteiger partial charge >= 0.3 is 11.7 Å². The fraction of sp³-hybridized carbons (Fsp3) is 0.158. The van der Waals surface area contributed by atoms with Crippen LogP contribution in [0.15, 0.2) is 58.9 Å². The maximum atomic E-state index is 13.1. The molecule has 0 unspecified atom stereocenters. The molecule has 0 amide bonds. The summed E-state index contributed by atoms with van der Waals surface area (Å²) in [5, 5.41) is 7.67. The number of esters is 1. The minimum Gasteiger partial charge on any atom is -0.497 e. The van der Waals surface area contributed by atoms with Gasteiger partial charge in [-0.2, -0.15) is 9.36 Å². The van der Waals surface area contributed by atoms with E-state index < -0.39 is 17.5 Å². The number of carbonyl (C=O) groups excluding carboxylic acids is 1. The van der Waals surface area contributed by atoms with Crippen LogP contribution in [-0.4, -0.2) is 40.0 Å². The van der Waals surface area contributed by atoms with E-state index in [1.807, 2.05) is 0 Å². The van der Waals surface area contributed by atoms with Gasteiger partial charge in [-0.25, -0.2) is 14.0 Å². The fourth-order valence-electron chi connectivity index (χ4n) is 2.48. The quantitative estimate of drug-likeness (QED) is 0.476. The molecule has 9 heteroatoms. The smallest absolute Gasteiger partial charge is 0.368 e. The first-order valence-electron chi connectivity index (χ1n) is 8.23. The van der Waals surface area contributed by atoms with Crippen LogP contribution in [0.25, 0.3) is 11.8 Å². The summed E-state index contributed by atoms with van der Waals surface area (Å²) in [5.74, 6) is -0.384. The van der Waals surface area contributed by atoms with E-state index in [1.165, 1.54) is 37.5 Å². The second kappa shape index (κ2) is 8.30. The number of rotatable bonds is 6. The molecule has 0 aliphatic carbocycles. The highest BCUT2D eigenvalue weighted by molar-refractivity contribution is 5.93. The Bertz CT molecular complexity index is 1050. The Balaban J connectivity index is 1.91. The zero-order valence-electron chi connectivity index (χ0n) is 15.2. The number of halogens is 1. The summed E-state index contributed by atoms with van der Waals surface area (Å²) < 4.78 is 25.1. The number of hydrogen-bond donors (Lipinski definition) is 0. The minimum absolute atomic E-state index is 0.154. The summed E-state index contributed by atoms with van der Waals surface area (Å²) in [6.45, 7) is -0.154. The standard InChI is InChI=1S/C19H17FN4O4/c1-27-17-9-7-16(8-10-17)24-19(26)23(21-22-24)12-14(18(25)28-2)11-13-3-5-15(20)6-4-13/h3-11H,12H2,1-2H3/b14-11+. The third-order valence-corrected chi connectivity index (χ3v) is 3.93. The van der Waals surface area contributed by atoms with Gasteiger partial charge in [-0.3, -0.25) is 0 Å². The predicted molar refractivity (Wildman–Crippen MR) is 98.6 cm³/mol. The molecule has 0 bridgehead atoms. The van der Waals surface area contributed by atoms with Gasteiger partial charge in [0.25, 0.3) is 0 Å². The Labute approximate surface area is 159 Å². The third-order valence-electron chi connectivity index (χ3n) is 3.93. The second-order valence-corrected chi connectivity index (χ2v) is 5.74. The van der Waals surface area contributed by atoms with E-state index in [-0.39, 0.29) is 12.1 Å². The van der Waals surface area contributed by atoms with Crippen molar-refractivity contribution in [2.75, 3.05) is 14.2 Å². The number of hydrogen-bond acceptors (Lipinski definition) is 6. The van der Waals surface area contributed by atoms with Gasteiger partial charge in [-0.15, -0.1) is 0 Å². The molecule has 1 heterocycles. The van der Waals surface area contributed by atoms with Gasteiger partial charge in [-0.1, -0.05) is 12.1 Å². The van der Waals surface area contributed by atoms with Crippen molar-refractivity contribution >= 4 is 12.0 Å². The van der Waals surface area contributed by atoms with Gasteiger partial charge in [0.15, 0.2) is 0 Å². The van der Waals surface area contributed by atoms with Crippen molar-refractivity contribution in [3.8, 4) is 11.4 Å². The molecule has 3 aromatic rings. The first kappa shape index (κ1) is 19.0. The lowest BCUT2D eigenvalue weighted by Crippen LogP contribution is -2.26. The van der Waals surface area contributed by atoms with Gasteiger partial charge in [-0.05, 0) is 58.5 Å². The highest BCUT2D eigenvalue weighted by Gasteiger charge is 2.16. The normalized spacial score (nSPS) is 11.3. The van der Waals surface area contributed by atoms with Crippen LogP contribution >= 0.6 is 0 Å². The average Bonchev–Trinajstić information content (AvgIpc) is 3.08. The van der Waals surface area contributed by atoms with Crippen molar-refractivity contribution in [3.63, 3.8) is 0 Å². The minimum atomic E-state index is -0.629. The van der Waals surface area contributed by atoms with Crippen molar-refractivity contribution in [2.24, 2.45) is 0 Å². The van der Waals surface area contributed by atoms with E-state index in [0.717, 1.165) is 9.36 Å². The molecular formula is C19H17FN4O4. The fourth-order valence-corrected chi connectivity index (χ4v) is 2.48. The number of ether oxygens (including phenoxy) is 2. The molecule has 0 N–H and O–H groups in total. The van der Waals surface area contributed by atoms with Crippen LogP contribution in [0.4, 0.5) is 4.39 Å². The van der Waals surface area contributed by atoms with Crippen molar-refractivity contribution in [2.45, 2.75) is 6.54 Å². The Morgan fingerprint density at radius 1 is 1.07 bits per heavy atom. The lowest BCUT2D eigenvalue weighted by molar-refractivity contribution is -0.136. The molecule has 1 aromatic heterocycles. The molecule has 0 saturated carbocycles. The van der Waals surface area contributed by atoms with Crippen molar-refractivity contribution in [1.82, 2.24) is 19.8 Å². The van der Waals surface area contributed by atoms with Crippen LogP contribution in [0.2, 0.25) is 0 Å². The van der Waals surface area contributed by atoms with Crippen molar-refractivity contribution < 1.29 is 18.7 Å². The van der Waals surface area contributed by atoms with Gasteiger partial charge in [0.05, 0.1) is 32.0 Å². The topological polar surface area (TPSA) is 88.2 Å². The predicted octanol–water partition coefficient (Wildman–Crippen LogP) is 1.83. The van der Waals surface area contributed by atoms with E-state index in [2.05, 4.69) is 10.4 Å². The van der Waals surface area contributed by atoms with Gasteiger partial charge in [0.1, 0.15) is 11.6 Å². The van der Waals surface area contributed by atoms with Crippen LogP contribution in [-0.2, 0) is 16.1 Å². The highest BCUT2D eigenvalue weighted by Crippen LogP contribution is 2.13. The van der Waals surface area contributed by atoms with Crippen LogP contribution in [0, 0.1) is 5.82 Å². The molecule has 3 rings (SSSR count). The molecule has 8 nitrogen and oxygen atoms in total. The third kappa shape index (κ3) is 4.14. The summed E-state index contributed by atoms with van der Waals surface area (Å²) in [7, 11) is 2.77. The van der Waals surface area contributed by atoms with Crippen LogP contribution in [0.1, 0.15) is 5.56 Å². The number of nitrogens with zero attached hydrogens (tertiary/aromatic N) is 4. The SMILES string of the molecule is COC(=O)/C(=C/c1ccc(F)cc1)Cn1nnn(-c2ccc(OC)cc2)c1=O. The summed E-state index contributed by atoms with van der Waals surface area (Å²) in [4.78, 5) is 24.7. The van der Waals surface area contributed by atoms with Gasteiger partial charge < -0.3 is 9.47 Å². The number of aromatic nitrogens is 4. The Morgan fingerprint density at radius 2 is 1.75 bits per heavy atom. The first-order chi connectivity index (χ1) is 13.5. The first-order valence-corrected chi connectivity index (χ1v) is 8.23. The van der Waals surface area contributed by atoms with Crippen LogP contribution in [0.5, 0.6) is 5.75 Å². The second-order valence-electron chi connectivity index (χ2n) is 5.74. The molecule has 0 radical (unpaired) electrons. The molecule has 0 saturated heterocycles. The van der Waals surface area contributed by atoms with Crippen molar-refractivity contribution in [3.05, 3.63) is 76.0 Å². The number of tetrazole rings is 1. The molecule has 0 fully saturated rings. The molecule has 0 aliphatic heterocycles. The average molecular weight is 384 g/mol. The molecular weight excluding hydrogens is 367 g/mol. The zero-order valence-corrected chi connectivity index (χ0v) is 15.2. The van der Waals surface area contributed by atoms with E-state index in [4.69, 9.17) is 9.47 Å². The van der Waals surface area contributed by atoms with Crippen LogP contribution < -0.4 is 10.4 Å². The lowest BCUT2D eigenvalue weighted by Gasteiger charge is -2.05. The Morgan fingerprint density at radius 3 is 2.36 bits per heavy atom. The highest BCUT2D eigenvalue weighted by atomic mass is 19.1. The maximum absolute atomic E-state index is 13.1. The Kier molecular flexibility index (Phi) is 5.64. The van der Waals surface area contributed by atoms with E-state index >= 15 is 0 Å². The summed E-state index contributed by atoms with van der Waals surface area (Å²) in [6, 6.07) is 12.3. The lowest BCUT2D eigenvalue weighted by atomic mass is 10.1. The summed E-state index contributed by atoms with van der Waals surface area (Å²) in [6.07, 6.45) is 1.50. The number of benzene rings is 2. The molecule has 0 atom stereocenters. The molecule has 28 heavy (non-hydrogen) atoms. The van der Waals surface area contributed by atoms with Crippen molar-refractivity contribution in [1.29, 1.82) is 0 Å².